The zero-order valence-corrected chi connectivity index (χ0v) is 19.5. The van der Waals surface area contributed by atoms with Crippen molar-refractivity contribution in [3.05, 3.63) is 65.7 Å². The number of benzene rings is 2. The number of rotatable bonds is 9. The molecule has 0 amide bonds. The van der Waals surface area contributed by atoms with Gasteiger partial charge in [0.15, 0.2) is 8.32 Å². The third-order valence-corrected chi connectivity index (χ3v) is 7.48. The van der Waals surface area contributed by atoms with Gasteiger partial charge in [0.25, 0.3) is 0 Å². The fourth-order valence-corrected chi connectivity index (χ4v) is 6.28. The Labute approximate surface area is 175 Å². The fraction of sp³-hybridized carbons (Fsp3) is 0.455. The molecule has 0 aliphatic carbocycles. The van der Waals surface area contributed by atoms with Crippen molar-refractivity contribution >= 4 is 18.3 Å². The summed E-state index contributed by atoms with van der Waals surface area (Å²) < 4.78 is 40.2. The second-order valence-electron chi connectivity index (χ2n) is 8.70. The molecule has 2 aromatic rings. The van der Waals surface area contributed by atoms with E-state index in [1.807, 2.05) is 37.3 Å². The highest BCUT2D eigenvalue weighted by Crippen LogP contribution is 2.46. The predicted molar refractivity (Wildman–Crippen MR) is 118 cm³/mol. The number of hydrogen-bond donors (Lipinski definition) is 1. The molecule has 158 valence electrons. The summed E-state index contributed by atoms with van der Waals surface area (Å²) in [6, 6.07) is 17.0. The van der Waals surface area contributed by atoms with Crippen molar-refractivity contribution in [3.8, 4) is 0 Å². The van der Waals surface area contributed by atoms with Gasteiger partial charge in [-0.3, -0.25) is 0 Å². The molecule has 0 spiro atoms. The molecule has 0 radical (unpaired) electrons. The Bertz CT molecular complexity index is 910. The van der Waals surface area contributed by atoms with Crippen LogP contribution in [0.15, 0.2) is 59.5 Å². The first-order valence-electron chi connectivity index (χ1n) is 10.0. The average Bonchev–Trinajstić information content (AvgIpc) is 2.63. The lowest BCUT2D eigenvalue weighted by Crippen LogP contribution is -2.58. The van der Waals surface area contributed by atoms with Gasteiger partial charge in [-0.1, -0.05) is 48.0 Å². The van der Waals surface area contributed by atoms with Crippen LogP contribution in [0.2, 0.25) is 19.6 Å². The fourth-order valence-electron chi connectivity index (χ4n) is 3.72. The number of aryl methyl sites for hydroxylation is 1. The highest BCUT2D eigenvalue weighted by atomic mass is 32.2. The van der Waals surface area contributed by atoms with Crippen LogP contribution in [0.1, 0.15) is 30.1 Å². The monoisotopic (exact) mass is 433 g/mol. The smallest absolute Gasteiger partial charge is 0.240 e. The van der Waals surface area contributed by atoms with Crippen LogP contribution >= 0.6 is 0 Å². The summed E-state index contributed by atoms with van der Waals surface area (Å²) in [5, 5.41) is 0. The van der Waals surface area contributed by atoms with Gasteiger partial charge >= 0.3 is 0 Å². The second-order valence-corrected chi connectivity index (χ2v) is 14.9. The molecule has 0 unspecified atom stereocenters. The van der Waals surface area contributed by atoms with Gasteiger partial charge in [-0.2, -0.15) is 0 Å². The lowest BCUT2D eigenvalue weighted by Gasteiger charge is -2.52. The Morgan fingerprint density at radius 1 is 1.10 bits per heavy atom. The zero-order valence-electron chi connectivity index (χ0n) is 17.6. The molecule has 1 fully saturated rings. The van der Waals surface area contributed by atoms with Crippen molar-refractivity contribution in [2.75, 3.05) is 13.2 Å². The van der Waals surface area contributed by atoms with Crippen molar-refractivity contribution in [3.63, 3.8) is 0 Å². The molecule has 0 bridgehead atoms. The van der Waals surface area contributed by atoms with E-state index >= 15 is 0 Å². The van der Waals surface area contributed by atoms with Crippen LogP contribution < -0.4 is 4.72 Å². The largest absolute Gasteiger partial charge is 0.407 e. The van der Waals surface area contributed by atoms with E-state index in [9.17, 15) is 8.42 Å². The van der Waals surface area contributed by atoms with Crippen molar-refractivity contribution in [1.82, 2.24) is 4.72 Å². The van der Waals surface area contributed by atoms with Crippen LogP contribution in [0.3, 0.4) is 0 Å². The second kappa shape index (κ2) is 8.69. The zero-order chi connectivity index (χ0) is 21.1. The third kappa shape index (κ3) is 5.55. The summed E-state index contributed by atoms with van der Waals surface area (Å²) in [5.74, 6) is 0. The predicted octanol–water partition coefficient (Wildman–Crippen LogP) is 4.42. The molecule has 1 saturated heterocycles. The molecule has 1 aliphatic heterocycles. The molecule has 29 heavy (non-hydrogen) atoms. The van der Waals surface area contributed by atoms with Crippen molar-refractivity contribution in [2.24, 2.45) is 0 Å². The van der Waals surface area contributed by atoms with E-state index in [0.717, 1.165) is 17.5 Å². The summed E-state index contributed by atoms with van der Waals surface area (Å²) >= 11 is 0. The minimum atomic E-state index is -3.50. The van der Waals surface area contributed by atoms with E-state index in [4.69, 9.17) is 9.16 Å². The molecular weight excluding hydrogens is 402 g/mol. The molecule has 3 rings (SSSR count). The highest BCUT2D eigenvalue weighted by molar-refractivity contribution is 7.89. The summed E-state index contributed by atoms with van der Waals surface area (Å²) in [6.07, 6.45) is 1.32. The molecule has 2 aromatic carbocycles. The van der Waals surface area contributed by atoms with Gasteiger partial charge in [0.2, 0.25) is 10.0 Å². The summed E-state index contributed by atoms with van der Waals surface area (Å²) in [5.41, 5.74) is 1.75. The van der Waals surface area contributed by atoms with Gasteiger partial charge in [-0.15, -0.1) is 0 Å². The summed E-state index contributed by atoms with van der Waals surface area (Å²) in [7, 11) is -5.31. The van der Waals surface area contributed by atoms with Crippen LogP contribution in [0.5, 0.6) is 0 Å². The van der Waals surface area contributed by atoms with Crippen LogP contribution in [0.25, 0.3) is 0 Å². The van der Waals surface area contributed by atoms with Gasteiger partial charge in [-0.25, -0.2) is 13.1 Å². The van der Waals surface area contributed by atoms with Gasteiger partial charge < -0.3 is 9.16 Å². The first-order valence-corrected chi connectivity index (χ1v) is 14.9. The maximum Gasteiger partial charge on any atom is 0.240 e. The van der Waals surface area contributed by atoms with Gasteiger partial charge in [0, 0.05) is 6.54 Å². The molecule has 2 atom stereocenters. The normalized spacial score (nSPS) is 22.3. The minimum absolute atomic E-state index is 0.107. The van der Waals surface area contributed by atoms with Gasteiger partial charge in [-0.05, 0) is 57.1 Å². The number of nitrogens with one attached hydrogen (secondary N) is 1. The molecular formula is C22H31NO4SSi. The first kappa shape index (κ1) is 22.2. The molecule has 1 heterocycles. The lowest BCUT2D eigenvalue weighted by atomic mass is 9.83. The number of sulfonamides is 1. The Kier molecular flexibility index (Phi) is 6.65. The molecule has 0 saturated carbocycles. The summed E-state index contributed by atoms with van der Waals surface area (Å²) in [6.45, 7) is 9.38. The van der Waals surface area contributed by atoms with Crippen LogP contribution in [0, 0.1) is 6.92 Å². The van der Waals surface area contributed by atoms with E-state index < -0.39 is 18.3 Å². The van der Waals surface area contributed by atoms with E-state index in [1.54, 1.807) is 12.1 Å². The standard InChI is InChI=1S/C22H31NO4SSi/c1-18-11-13-20(14-12-18)28(24,25)23-16-8-15-22(27-29(2,3)4)17-26-21(22)19-9-6-5-7-10-19/h5-7,9-14,21,23H,8,15-17H2,1-4H3/t21-,22-/m0/s1. The van der Waals surface area contributed by atoms with Crippen molar-refractivity contribution in [2.45, 2.75) is 56.0 Å². The van der Waals surface area contributed by atoms with Crippen molar-refractivity contribution < 1.29 is 17.6 Å². The SMILES string of the molecule is Cc1ccc(S(=O)(=O)NCCC[C@]2(O[Si](C)(C)C)CO[C@H]2c2ccccc2)cc1. The van der Waals surface area contributed by atoms with Gasteiger partial charge in [0.1, 0.15) is 11.7 Å². The average molecular weight is 434 g/mol. The molecule has 1 N–H and O–H groups in total. The summed E-state index contributed by atoms with van der Waals surface area (Å²) in [4.78, 5) is 0.297. The van der Waals surface area contributed by atoms with Crippen molar-refractivity contribution in [1.29, 1.82) is 0 Å². The quantitative estimate of drug-likeness (QED) is 0.470. The van der Waals surface area contributed by atoms with Crippen LogP contribution in [-0.4, -0.2) is 35.5 Å². The minimum Gasteiger partial charge on any atom is -0.407 e. The molecule has 7 heteroatoms. The molecule has 5 nitrogen and oxygen atoms in total. The highest BCUT2D eigenvalue weighted by Gasteiger charge is 2.51. The molecule has 1 aliphatic rings. The van der Waals surface area contributed by atoms with E-state index in [-0.39, 0.29) is 11.7 Å². The van der Waals surface area contributed by atoms with Crippen LogP contribution in [-0.2, 0) is 19.2 Å². The first-order chi connectivity index (χ1) is 13.6. The maximum absolute atomic E-state index is 12.5. The van der Waals surface area contributed by atoms with Gasteiger partial charge in [0.05, 0.1) is 11.5 Å². The van der Waals surface area contributed by atoms with E-state index in [2.05, 4.69) is 36.5 Å². The number of ether oxygens (including phenoxy) is 1. The van der Waals surface area contributed by atoms with E-state index in [0.29, 0.717) is 24.5 Å². The Balaban J connectivity index is 1.64. The Morgan fingerprint density at radius 2 is 1.76 bits per heavy atom. The Morgan fingerprint density at radius 3 is 2.31 bits per heavy atom. The Hall–Kier alpha value is -1.51. The topological polar surface area (TPSA) is 64.6 Å². The lowest BCUT2D eigenvalue weighted by molar-refractivity contribution is -0.234. The van der Waals surface area contributed by atoms with Crippen LogP contribution in [0.4, 0.5) is 0 Å². The molecule has 0 aromatic heterocycles. The van der Waals surface area contributed by atoms with E-state index in [1.165, 1.54) is 0 Å². The maximum atomic E-state index is 12.5. The third-order valence-electron chi connectivity index (χ3n) is 4.98. The number of hydrogen-bond acceptors (Lipinski definition) is 4.